The maximum Gasteiger partial charge on any atom is 0.262 e. The van der Waals surface area contributed by atoms with Crippen molar-refractivity contribution in [3.63, 3.8) is 0 Å². The Morgan fingerprint density at radius 2 is 1.81 bits per heavy atom. The molecule has 6 nitrogen and oxygen atoms in total. The molecule has 0 amide bonds. The third-order valence-electron chi connectivity index (χ3n) is 4.97. The highest BCUT2D eigenvalue weighted by molar-refractivity contribution is 7.98. The number of thiazole rings is 1. The molecule has 5 rings (SSSR count). The van der Waals surface area contributed by atoms with Crippen molar-refractivity contribution in [3.05, 3.63) is 81.0 Å². The van der Waals surface area contributed by atoms with Crippen LogP contribution in [0.25, 0.3) is 26.1 Å². The third kappa shape index (κ3) is 3.66. The van der Waals surface area contributed by atoms with E-state index in [1.807, 2.05) is 48.5 Å². The lowest BCUT2D eigenvalue weighted by atomic mass is 10.2. The fourth-order valence-electron chi connectivity index (χ4n) is 3.62. The minimum absolute atomic E-state index is 0.0326. The molecule has 0 unspecified atom stereocenters. The quantitative estimate of drug-likeness (QED) is 0.291. The van der Waals surface area contributed by atoms with Gasteiger partial charge in [-0.1, -0.05) is 61.2 Å². The number of hydrogen-bond donors (Lipinski definition) is 0. The van der Waals surface area contributed by atoms with Crippen LogP contribution in [0, 0.1) is 5.92 Å². The lowest BCUT2D eigenvalue weighted by Gasteiger charge is -2.14. The molecule has 0 bridgehead atoms. The van der Waals surface area contributed by atoms with Gasteiger partial charge in [0.25, 0.3) is 11.1 Å². The van der Waals surface area contributed by atoms with Crippen molar-refractivity contribution < 1.29 is 0 Å². The van der Waals surface area contributed by atoms with Gasteiger partial charge in [0.15, 0.2) is 10.1 Å². The summed E-state index contributed by atoms with van der Waals surface area (Å²) in [4.78, 5) is 36.0. The first-order chi connectivity index (χ1) is 15.0. The second-order valence-corrected chi connectivity index (χ2v) is 9.73. The first kappa shape index (κ1) is 20.0. The largest absolute Gasteiger partial charge is 0.287 e. The van der Waals surface area contributed by atoms with Crippen LogP contribution in [0.1, 0.15) is 19.5 Å². The van der Waals surface area contributed by atoms with Gasteiger partial charge in [-0.15, -0.1) is 0 Å². The van der Waals surface area contributed by atoms with Crippen LogP contribution in [0.4, 0.5) is 0 Å². The normalized spacial score (nSPS) is 11.8. The number of para-hydroxylation sites is 2. The van der Waals surface area contributed by atoms with Crippen molar-refractivity contribution in [2.45, 2.75) is 31.3 Å². The van der Waals surface area contributed by atoms with E-state index in [0.717, 1.165) is 10.2 Å². The van der Waals surface area contributed by atoms with E-state index in [1.54, 1.807) is 15.0 Å². The second-order valence-electron chi connectivity index (χ2n) is 7.78. The molecular formula is C23H20N4O2S2. The van der Waals surface area contributed by atoms with Gasteiger partial charge in [0.1, 0.15) is 0 Å². The zero-order valence-corrected chi connectivity index (χ0v) is 18.7. The monoisotopic (exact) mass is 448 g/mol. The molecule has 0 spiro atoms. The summed E-state index contributed by atoms with van der Waals surface area (Å²) >= 11 is 2.94. The van der Waals surface area contributed by atoms with Crippen molar-refractivity contribution in [3.8, 4) is 0 Å². The lowest BCUT2D eigenvalue weighted by molar-refractivity contribution is 0.475. The van der Waals surface area contributed by atoms with Crippen LogP contribution in [-0.2, 0) is 12.3 Å². The molecule has 0 N–H and O–H groups in total. The molecule has 0 aliphatic carbocycles. The van der Waals surface area contributed by atoms with Crippen LogP contribution in [0.2, 0.25) is 0 Å². The summed E-state index contributed by atoms with van der Waals surface area (Å²) in [6.07, 6.45) is 0. The van der Waals surface area contributed by atoms with Crippen molar-refractivity contribution in [2.24, 2.45) is 5.92 Å². The van der Waals surface area contributed by atoms with Gasteiger partial charge in [-0.05, 0) is 30.2 Å². The Morgan fingerprint density at radius 1 is 1.03 bits per heavy atom. The molecule has 3 heterocycles. The fraction of sp³-hybridized carbons (Fsp3) is 0.217. The molecule has 0 saturated carbocycles. The molecule has 3 aromatic heterocycles. The Hall–Kier alpha value is -2.97. The van der Waals surface area contributed by atoms with Crippen molar-refractivity contribution in [1.29, 1.82) is 0 Å². The van der Waals surface area contributed by atoms with Gasteiger partial charge in [-0.3, -0.25) is 18.6 Å². The average molecular weight is 449 g/mol. The minimum Gasteiger partial charge on any atom is -0.287 e. The standard InChI is InChI=1S/C23H20N4O2S2/c1-14(2)12-26-21(29)16-7-3-4-8-17(16)25-22(26)30-13-15-11-20(28)27-18-9-5-6-10-19(18)31-23(27)24-15/h3-11,14H,12-13H2,1-2H3. The summed E-state index contributed by atoms with van der Waals surface area (Å²) in [5.74, 6) is 0.765. The van der Waals surface area contributed by atoms with Crippen LogP contribution in [0.5, 0.6) is 0 Å². The Kier molecular flexibility index (Phi) is 5.11. The van der Waals surface area contributed by atoms with Crippen LogP contribution < -0.4 is 11.1 Å². The summed E-state index contributed by atoms with van der Waals surface area (Å²) in [5, 5.41) is 1.27. The highest BCUT2D eigenvalue weighted by Gasteiger charge is 2.14. The number of thioether (sulfide) groups is 1. The number of aromatic nitrogens is 4. The Labute approximate surface area is 186 Å². The van der Waals surface area contributed by atoms with Crippen molar-refractivity contribution in [2.75, 3.05) is 0 Å². The zero-order valence-electron chi connectivity index (χ0n) is 17.1. The van der Waals surface area contributed by atoms with E-state index in [4.69, 9.17) is 9.97 Å². The van der Waals surface area contributed by atoms with Gasteiger partial charge in [-0.25, -0.2) is 9.97 Å². The molecule has 156 valence electrons. The summed E-state index contributed by atoms with van der Waals surface area (Å²) in [6, 6.07) is 16.8. The molecule has 31 heavy (non-hydrogen) atoms. The van der Waals surface area contributed by atoms with E-state index >= 15 is 0 Å². The van der Waals surface area contributed by atoms with Gasteiger partial charge in [-0.2, -0.15) is 0 Å². The molecule has 0 radical (unpaired) electrons. The van der Waals surface area contributed by atoms with Crippen LogP contribution >= 0.6 is 23.1 Å². The number of fused-ring (bicyclic) bond motifs is 4. The summed E-state index contributed by atoms with van der Waals surface area (Å²) in [5.41, 5.74) is 2.11. The van der Waals surface area contributed by atoms with E-state index < -0.39 is 0 Å². The van der Waals surface area contributed by atoms with E-state index in [-0.39, 0.29) is 11.1 Å². The molecule has 0 aliphatic heterocycles. The minimum atomic E-state index is -0.0934. The second kappa shape index (κ2) is 7.94. The molecule has 8 heteroatoms. The molecule has 5 aromatic rings. The van der Waals surface area contributed by atoms with Crippen LogP contribution in [0.15, 0.2) is 69.3 Å². The summed E-state index contributed by atoms with van der Waals surface area (Å²) in [7, 11) is 0. The summed E-state index contributed by atoms with van der Waals surface area (Å²) in [6.45, 7) is 4.74. The Balaban J connectivity index is 1.54. The van der Waals surface area contributed by atoms with E-state index in [9.17, 15) is 9.59 Å². The maximum absolute atomic E-state index is 13.1. The first-order valence-corrected chi connectivity index (χ1v) is 11.8. The predicted molar refractivity (Wildman–Crippen MR) is 127 cm³/mol. The van der Waals surface area contributed by atoms with E-state index in [2.05, 4.69) is 13.8 Å². The molecular weight excluding hydrogens is 428 g/mol. The van der Waals surface area contributed by atoms with Crippen LogP contribution in [-0.4, -0.2) is 18.9 Å². The number of nitrogens with zero attached hydrogens (tertiary/aromatic N) is 4. The Morgan fingerprint density at radius 3 is 2.65 bits per heavy atom. The number of hydrogen-bond acceptors (Lipinski definition) is 6. The third-order valence-corrected chi connectivity index (χ3v) is 7.00. The SMILES string of the molecule is CC(C)Cn1c(SCc2cc(=O)n3c(n2)sc2ccccc23)nc2ccccc2c1=O. The van der Waals surface area contributed by atoms with Crippen LogP contribution in [0.3, 0.4) is 0 Å². The fourth-order valence-corrected chi connectivity index (χ4v) is 5.57. The first-order valence-electron chi connectivity index (χ1n) is 10.0. The van der Waals surface area contributed by atoms with Gasteiger partial charge < -0.3 is 0 Å². The van der Waals surface area contributed by atoms with E-state index in [0.29, 0.717) is 44.9 Å². The topological polar surface area (TPSA) is 69.3 Å². The number of rotatable bonds is 5. The molecule has 0 atom stereocenters. The van der Waals surface area contributed by atoms with Crippen molar-refractivity contribution >= 4 is 49.2 Å². The molecule has 0 saturated heterocycles. The average Bonchev–Trinajstić information content (AvgIpc) is 3.13. The van der Waals surface area contributed by atoms with Gasteiger partial charge in [0, 0.05) is 18.4 Å². The maximum atomic E-state index is 13.1. The van der Waals surface area contributed by atoms with E-state index in [1.165, 1.54) is 23.1 Å². The molecule has 0 aliphatic rings. The molecule has 2 aromatic carbocycles. The van der Waals surface area contributed by atoms with Gasteiger partial charge in [0.05, 0.1) is 26.8 Å². The molecule has 0 fully saturated rings. The smallest absolute Gasteiger partial charge is 0.262 e. The summed E-state index contributed by atoms with van der Waals surface area (Å²) < 4.78 is 4.42. The lowest BCUT2D eigenvalue weighted by Crippen LogP contribution is -2.25. The highest BCUT2D eigenvalue weighted by atomic mass is 32.2. The van der Waals surface area contributed by atoms with Gasteiger partial charge >= 0.3 is 0 Å². The Bertz CT molecular complexity index is 1550. The van der Waals surface area contributed by atoms with Crippen molar-refractivity contribution in [1.82, 2.24) is 18.9 Å². The zero-order chi connectivity index (χ0) is 21.5. The predicted octanol–water partition coefficient (Wildman–Crippen LogP) is 4.57. The van der Waals surface area contributed by atoms with Gasteiger partial charge in [0.2, 0.25) is 0 Å². The highest BCUT2D eigenvalue weighted by Crippen LogP contribution is 2.26. The number of benzene rings is 2.